The highest BCUT2D eigenvalue weighted by Crippen LogP contribution is 2.12. The fourth-order valence-corrected chi connectivity index (χ4v) is 1.50. The maximum Gasteiger partial charge on any atom is 0.236 e. The second kappa shape index (κ2) is 6.74. The number of likely N-dealkylation sites (N-methyl/N-ethyl adjacent to an activating group) is 1. The van der Waals surface area contributed by atoms with Crippen LogP contribution in [0.5, 0.6) is 0 Å². The predicted molar refractivity (Wildman–Crippen MR) is 67.6 cm³/mol. The van der Waals surface area contributed by atoms with Crippen molar-refractivity contribution in [2.24, 2.45) is 0 Å². The van der Waals surface area contributed by atoms with Crippen LogP contribution in [0.2, 0.25) is 0 Å². The summed E-state index contributed by atoms with van der Waals surface area (Å²) in [5.41, 5.74) is 1.27. The molecule has 0 bridgehead atoms. The summed E-state index contributed by atoms with van der Waals surface area (Å²) >= 11 is 0. The molecule has 0 aliphatic rings. The third-order valence-corrected chi connectivity index (χ3v) is 2.68. The first kappa shape index (κ1) is 14.2. The van der Waals surface area contributed by atoms with Crippen molar-refractivity contribution in [1.82, 2.24) is 10.6 Å². The van der Waals surface area contributed by atoms with Gasteiger partial charge in [0, 0.05) is 13.6 Å². The van der Waals surface area contributed by atoms with Crippen LogP contribution >= 0.6 is 0 Å². The number of amides is 1. The van der Waals surface area contributed by atoms with E-state index in [1.807, 2.05) is 6.07 Å². The highest BCUT2D eigenvalue weighted by molar-refractivity contribution is 5.80. The average molecular weight is 247 g/mol. The number of aliphatic hydroxyl groups is 1. The fourth-order valence-electron chi connectivity index (χ4n) is 1.50. The monoisotopic (exact) mass is 247 g/mol. The van der Waals surface area contributed by atoms with Crippen LogP contribution < -0.4 is 10.6 Å². The van der Waals surface area contributed by atoms with Crippen LogP contribution in [0, 0.1) is 11.3 Å². The van der Waals surface area contributed by atoms with Gasteiger partial charge in [-0.3, -0.25) is 4.79 Å². The van der Waals surface area contributed by atoms with Crippen LogP contribution in [-0.4, -0.2) is 30.6 Å². The van der Waals surface area contributed by atoms with E-state index in [2.05, 4.69) is 10.6 Å². The lowest BCUT2D eigenvalue weighted by atomic mass is 10.1. The van der Waals surface area contributed by atoms with Gasteiger partial charge in [0.1, 0.15) is 0 Å². The number of nitriles is 1. The Bertz CT molecular complexity index is 437. The summed E-state index contributed by atoms with van der Waals surface area (Å²) in [6.07, 6.45) is -0.704. The topological polar surface area (TPSA) is 85.2 Å². The summed E-state index contributed by atoms with van der Waals surface area (Å²) in [6, 6.07) is 8.37. The smallest absolute Gasteiger partial charge is 0.236 e. The second-order valence-corrected chi connectivity index (χ2v) is 3.99. The maximum atomic E-state index is 11.3. The number of hydrogen-bond acceptors (Lipinski definition) is 4. The Morgan fingerprint density at radius 2 is 2.06 bits per heavy atom. The van der Waals surface area contributed by atoms with Gasteiger partial charge in [0.05, 0.1) is 23.8 Å². The molecule has 18 heavy (non-hydrogen) atoms. The van der Waals surface area contributed by atoms with Crippen molar-refractivity contribution >= 4 is 5.91 Å². The minimum absolute atomic E-state index is 0.123. The molecule has 0 aliphatic heterocycles. The molecule has 5 heteroatoms. The molecule has 2 unspecified atom stereocenters. The molecule has 96 valence electrons. The lowest BCUT2D eigenvalue weighted by Gasteiger charge is -2.16. The number of carbonyl (C=O) groups excluding carboxylic acids is 1. The zero-order valence-electron chi connectivity index (χ0n) is 10.5. The van der Waals surface area contributed by atoms with Crippen LogP contribution in [0.15, 0.2) is 24.3 Å². The van der Waals surface area contributed by atoms with Gasteiger partial charge in [0.15, 0.2) is 0 Å². The quantitative estimate of drug-likeness (QED) is 0.699. The van der Waals surface area contributed by atoms with Crippen LogP contribution in [0.25, 0.3) is 0 Å². The molecule has 0 saturated carbocycles. The Labute approximate surface area is 106 Å². The van der Waals surface area contributed by atoms with Crippen molar-refractivity contribution in [1.29, 1.82) is 5.26 Å². The molecule has 0 aromatic heterocycles. The molecular weight excluding hydrogens is 230 g/mol. The largest absolute Gasteiger partial charge is 0.387 e. The van der Waals surface area contributed by atoms with Gasteiger partial charge in [-0.25, -0.2) is 0 Å². The number of rotatable bonds is 5. The Kier molecular flexibility index (Phi) is 5.31. The van der Waals surface area contributed by atoms with Crippen LogP contribution in [0.1, 0.15) is 24.2 Å². The van der Waals surface area contributed by atoms with E-state index in [0.29, 0.717) is 11.1 Å². The SMILES string of the molecule is CNC(=O)C(C)NCC(O)c1ccc(C#N)cc1. The summed E-state index contributed by atoms with van der Waals surface area (Å²) in [5, 5.41) is 24.0. The van der Waals surface area contributed by atoms with Crippen molar-refractivity contribution in [2.45, 2.75) is 19.1 Å². The standard InChI is InChI=1S/C13H17N3O2/c1-9(13(18)15-2)16-8-12(17)11-5-3-10(7-14)4-6-11/h3-6,9,12,16-17H,8H2,1-2H3,(H,15,18). The maximum absolute atomic E-state index is 11.3. The Hall–Kier alpha value is -1.90. The van der Waals surface area contributed by atoms with Gasteiger partial charge in [-0.15, -0.1) is 0 Å². The van der Waals surface area contributed by atoms with Crippen molar-refractivity contribution < 1.29 is 9.90 Å². The molecule has 1 aromatic carbocycles. The molecule has 1 amide bonds. The summed E-state index contributed by atoms with van der Waals surface area (Å²) in [6.45, 7) is 2.00. The second-order valence-electron chi connectivity index (χ2n) is 3.99. The molecule has 2 atom stereocenters. The van der Waals surface area contributed by atoms with Crippen LogP contribution in [0.4, 0.5) is 0 Å². The van der Waals surface area contributed by atoms with E-state index in [1.165, 1.54) is 0 Å². The molecule has 0 spiro atoms. The fraction of sp³-hybridized carbons (Fsp3) is 0.385. The van der Waals surface area contributed by atoms with Gasteiger partial charge >= 0.3 is 0 Å². The van der Waals surface area contributed by atoms with E-state index in [0.717, 1.165) is 0 Å². The van der Waals surface area contributed by atoms with Gasteiger partial charge in [0.25, 0.3) is 0 Å². The van der Waals surface area contributed by atoms with Gasteiger partial charge < -0.3 is 15.7 Å². The molecule has 0 aliphatic carbocycles. The van der Waals surface area contributed by atoms with E-state index in [9.17, 15) is 9.90 Å². The Morgan fingerprint density at radius 3 is 2.56 bits per heavy atom. The minimum atomic E-state index is -0.704. The highest BCUT2D eigenvalue weighted by atomic mass is 16.3. The predicted octanol–water partition coefficient (Wildman–Crippen LogP) is 0.316. The lowest BCUT2D eigenvalue weighted by Crippen LogP contribution is -2.42. The van der Waals surface area contributed by atoms with Gasteiger partial charge in [-0.1, -0.05) is 12.1 Å². The summed E-state index contributed by atoms with van der Waals surface area (Å²) in [5.74, 6) is -0.123. The highest BCUT2D eigenvalue weighted by Gasteiger charge is 2.13. The molecule has 5 nitrogen and oxygen atoms in total. The van der Waals surface area contributed by atoms with Crippen molar-refractivity contribution in [3.05, 3.63) is 35.4 Å². The first-order chi connectivity index (χ1) is 8.58. The normalized spacial score (nSPS) is 13.4. The van der Waals surface area contributed by atoms with Gasteiger partial charge in [-0.05, 0) is 24.6 Å². The molecule has 1 aromatic rings. The van der Waals surface area contributed by atoms with E-state index in [-0.39, 0.29) is 18.5 Å². The first-order valence-electron chi connectivity index (χ1n) is 5.71. The van der Waals surface area contributed by atoms with E-state index >= 15 is 0 Å². The van der Waals surface area contributed by atoms with Crippen molar-refractivity contribution in [3.8, 4) is 6.07 Å². The summed E-state index contributed by atoms with van der Waals surface area (Å²) in [7, 11) is 1.57. The Balaban J connectivity index is 2.52. The van der Waals surface area contributed by atoms with Crippen LogP contribution in [-0.2, 0) is 4.79 Å². The van der Waals surface area contributed by atoms with E-state index in [1.54, 1.807) is 38.2 Å². The minimum Gasteiger partial charge on any atom is -0.387 e. The molecule has 0 heterocycles. The number of benzene rings is 1. The zero-order valence-corrected chi connectivity index (χ0v) is 10.5. The molecule has 0 radical (unpaired) electrons. The number of carbonyl (C=O) groups is 1. The number of hydrogen-bond donors (Lipinski definition) is 3. The van der Waals surface area contributed by atoms with Crippen molar-refractivity contribution in [3.63, 3.8) is 0 Å². The van der Waals surface area contributed by atoms with Gasteiger partial charge in [-0.2, -0.15) is 5.26 Å². The Morgan fingerprint density at radius 1 is 1.44 bits per heavy atom. The number of nitrogens with one attached hydrogen (secondary N) is 2. The first-order valence-corrected chi connectivity index (χ1v) is 5.71. The molecular formula is C13H17N3O2. The average Bonchev–Trinajstić information content (AvgIpc) is 2.43. The van der Waals surface area contributed by atoms with Crippen molar-refractivity contribution in [2.75, 3.05) is 13.6 Å². The third kappa shape index (κ3) is 3.84. The zero-order chi connectivity index (χ0) is 13.5. The number of aliphatic hydroxyl groups excluding tert-OH is 1. The third-order valence-electron chi connectivity index (χ3n) is 2.68. The van der Waals surface area contributed by atoms with Crippen LogP contribution in [0.3, 0.4) is 0 Å². The van der Waals surface area contributed by atoms with Gasteiger partial charge in [0.2, 0.25) is 5.91 Å². The molecule has 1 rings (SSSR count). The van der Waals surface area contributed by atoms with E-state index < -0.39 is 6.10 Å². The van der Waals surface area contributed by atoms with E-state index in [4.69, 9.17) is 5.26 Å². The summed E-state index contributed by atoms with van der Waals surface area (Å²) in [4.78, 5) is 11.3. The summed E-state index contributed by atoms with van der Waals surface area (Å²) < 4.78 is 0. The molecule has 0 saturated heterocycles. The lowest BCUT2D eigenvalue weighted by molar-refractivity contribution is -0.122. The molecule has 0 fully saturated rings. The number of nitrogens with zero attached hydrogens (tertiary/aromatic N) is 1. The molecule has 3 N–H and O–H groups in total.